The van der Waals surface area contributed by atoms with E-state index in [-0.39, 0.29) is 22.4 Å². The molecule has 0 aliphatic heterocycles. The zero-order chi connectivity index (χ0) is 16.3. The van der Waals surface area contributed by atoms with Crippen molar-refractivity contribution in [2.75, 3.05) is 0 Å². The Bertz CT molecular complexity index is 714. The van der Waals surface area contributed by atoms with Crippen molar-refractivity contribution in [1.29, 1.82) is 0 Å². The van der Waals surface area contributed by atoms with Crippen LogP contribution in [0.3, 0.4) is 0 Å². The van der Waals surface area contributed by atoms with E-state index in [1.54, 1.807) is 0 Å². The highest BCUT2D eigenvalue weighted by molar-refractivity contribution is 5.86. The van der Waals surface area contributed by atoms with Gasteiger partial charge in [-0.25, -0.2) is 0 Å². The molecule has 0 unspecified atom stereocenters. The van der Waals surface area contributed by atoms with Gasteiger partial charge in [0.2, 0.25) is 0 Å². The lowest BCUT2D eigenvalue weighted by Crippen LogP contribution is -2.10. The van der Waals surface area contributed by atoms with E-state index in [2.05, 4.69) is 25.8 Å². The van der Waals surface area contributed by atoms with E-state index in [1.807, 2.05) is 24.3 Å². The Labute approximate surface area is 129 Å². The van der Waals surface area contributed by atoms with Crippen molar-refractivity contribution in [1.82, 2.24) is 0 Å². The molecule has 0 heterocycles. The van der Waals surface area contributed by atoms with Crippen LogP contribution in [0, 0.1) is 10.1 Å². The van der Waals surface area contributed by atoms with Gasteiger partial charge in [0.25, 0.3) is 5.69 Å². The summed E-state index contributed by atoms with van der Waals surface area (Å²) in [7, 11) is 0. The van der Waals surface area contributed by atoms with Crippen LogP contribution in [0.5, 0.6) is 5.75 Å². The minimum atomic E-state index is -0.533. The van der Waals surface area contributed by atoms with Gasteiger partial charge in [-0.05, 0) is 28.7 Å². The topological polar surface area (TPSA) is 78.6 Å². The van der Waals surface area contributed by atoms with E-state index < -0.39 is 4.92 Å². The molecule has 0 aliphatic carbocycles. The smallest absolute Gasteiger partial charge is 0.270 e. The summed E-state index contributed by atoms with van der Waals surface area (Å²) < 4.78 is 0. The fourth-order valence-corrected chi connectivity index (χ4v) is 1.94. The highest BCUT2D eigenvalue weighted by atomic mass is 16.6. The molecule has 0 atom stereocenters. The van der Waals surface area contributed by atoms with Crippen LogP contribution in [-0.4, -0.2) is 11.1 Å². The molecule has 0 radical (unpaired) electrons. The van der Waals surface area contributed by atoms with Gasteiger partial charge in [-0.2, -0.15) is 0 Å². The van der Waals surface area contributed by atoms with Crippen molar-refractivity contribution in [3.05, 3.63) is 63.7 Å². The standard InChI is InChI=1S/C17H18N2O3/c1-17(2,3)13-4-6-14(7-5-13)18-11-12-10-15(19(21)22)8-9-16(12)20/h4-11,20H,1-3H3/p-1. The van der Waals surface area contributed by atoms with Crippen molar-refractivity contribution in [3.8, 4) is 5.75 Å². The second-order valence-electron chi connectivity index (χ2n) is 6.03. The maximum atomic E-state index is 11.7. The summed E-state index contributed by atoms with van der Waals surface area (Å²) >= 11 is 0. The first-order valence-electron chi connectivity index (χ1n) is 6.87. The third-order valence-electron chi connectivity index (χ3n) is 3.29. The number of nitrogens with zero attached hydrogens (tertiary/aromatic N) is 2. The Kier molecular flexibility index (Phi) is 4.26. The van der Waals surface area contributed by atoms with Gasteiger partial charge in [0.1, 0.15) is 0 Å². The van der Waals surface area contributed by atoms with Gasteiger partial charge in [0.05, 0.1) is 10.6 Å². The number of aliphatic imine (C=N–C) groups is 1. The molecule has 2 aromatic rings. The number of benzene rings is 2. The Hall–Kier alpha value is -2.69. The van der Waals surface area contributed by atoms with Crippen LogP contribution >= 0.6 is 0 Å². The summed E-state index contributed by atoms with van der Waals surface area (Å²) in [4.78, 5) is 14.4. The molecule has 0 N–H and O–H groups in total. The predicted molar refractivity (Wildman–Crippen MR) is 84.9 cm³/mol. The third-order valence-corrected chi connectivity index (χ3v) is 3.29. The second-order valence-corrected chi connectivity index (χ2v) is 6.03. The molecular formula is C17H17N2O3-. The largest absolute Gasteiger partial charge is 0.872 e. The molecule has 114 valence electrons. The molecule has 0 spiro atoms. The molecule has 0 bridgehead atoms. The van der Waals surface area contributed by atoms with Crippen LogP contribution in [0.2, 0.25) is 0 Å². The monoisotopic (exact) mass is 297 g/mol. The Morgan fingerprint density at radius 3 is 2.27 bits per heavy atom. The molecule has 0 aliphatic rings. The number of hydrogen-bond acceptors (Lipinski definition) is 4. The average molecular weight is 297 g/mol. The first-order chi connectivity index (χ1) is 10.3. The SMILES string of the molecule is CC(C)(C)c1ccc(N=Cc2cc([N+](=O)[O-])ccc2[O-])cc1. The molecule has 5 nitrogen and oxygen atoms in total. The van der Waals surface area contributed by atoms with E-state index >= 15 is 0 Å². The Morgan fingerprint density at radius 1 is 1.09 bits per heavy atom. The maximum Gasteiger partial charge on any atom is 0.270 e. The van der Waals surface area contributed by atoms with Gasteiger partial charge in [-0.15, -0.1) is 0 Å². The van der Waals surface area contributed by atoms with E-state index in [9.17, 15) is 15.2 Å². The van der Waals surface area contributed by atoms with Gasteiger partial charge in [0, 0.05) is 18.3 Å². The number of hydrogen-bond donors (Lipinski definition) is 0. The zero-order valence-corrected chi connectivity index (χ0v) is 12.7. The van der Waals surface area contributed by atoms with Gasteiger partial charge in [0.15, 0.2) is 0 Å². The molecule has 0 saturated heterocycles. The van der Waals surface area contributed by atoms with Gasteiger partial charge >= 0.3 is 0 Å². The number of nitro groups is 1. The first kappa shape index (κ1) is 15.7. The third kappa shape index (κ3) is 3.69. The molecule has 5 heteroatoms. The lowest BCUT2D eigenvalue weighted by Gasteiger charge is -2.18. The van der Waals surface area contributed by atoms with Crippen LogP contribution in [0.4, 0.5) is 11.4 Å². The van der Waals surface area contributed by atoms with Crippen molar-refractivity contribution in [2.24, 2.45) is 4.99 Å². The quantitative estimate of drug-likeness (QED) is 0.492. The lowest BCUT2D eigenvalue weighted by molar-refractivity contribution is -0.385. The predicted octanol–water partition coefficient (Wildman–Crippen LogP) is 3.72. The fraction of sp³-hybridized carbons (Fsp3) is 0.235. The molecule has 2 aromatic carbocycles. The number of rotatable bonds is 3. The molecular weight excluding hydrogens is 280 g/mol. The summed E-state index contributed by atoms with van der Waals surface area (Å²) in [5.41, 5.74) is 2.02. The second kappa shape index (κ2) is 5.97. The minimum Gasteiger partial charge on any atom is -0.872 e. The molecule has 0 saturated carbocycles. The number of non-ortho nitro benzene ring substituents is 1. The summed E-state index contributed by atoms with van der Waals surface area (Å²) in [5, 5.41) is 22.4. The van der Waals surface area contributed by atoms with Gasteiger partial charge in [-0.3, -0.25) is 15.1 Å². The van der Waals surface area contributed by atoms with E-state index in [0.717, 1.165) is 0 Å². The number of nitro benzene ring substituents is 1. The van der Waals surface area contributed by atoms with E-state index in [0.29, 0.717) is 5.69 Å². The normalized spacial score (nSPS) is 11.8. The maximum absolute atomic E-state index is 11.7. The summed E-state index contributed by atoms with van der Waals surface area (Å²) in [6.45, 7) is 6.37. The Morgan fingerprint density at radius 2 is 1.73 bits per heavy atom. The summed E-state index contributed by atoms with van der Waals surface area (Å²) in [6.07, 6.45) is 1.36. The molecule has 0 fully saturated rings. The Balaban J connectivity index is 2.25. The van der Waals surface area contributed by atoms with Crippen LogP contribution < -0.4 is 5.11 Å². The van der Waals surface area contributed by atoms with Crippen LogP contribution in [0.25, 0.3) is 0 Å². The van der Waals surface area contributed by atoms with Crippen molar-refractivity contribution in [2.45, 2.75) is 26.2 Å². The van der Waals surface area contributed by atoms with E-state index in [4.69, 9.17) is 0 Å². The fourth-order valence-electron chi connectivity index (χ4n) is 1.94. The van der Waals surface area contributed by atoms with Gasteiger partial charge < -0.3 is 5.11 Å². The van der Waals surface area contributed by atoms with Crippen LogP contribution in [0.15, 0.2) is 47.5 Å². The highest BCUT2D eigenvalue weighted by Crippen LogP contribution is 2.25. The van der Waals surface area contributed by atoms with Crippen LogP contribution in [0.1, 0.15) is 31.9 Å². The zero-order valence-electron chi connectivity index (χ0n) is 12.7. The molecule has 22 heavy (non-hydrogen) atoms. The highest BCUT2D eigenvalue weighted by Gasteiger charge is 2.12. The van der Waals surface area contributed by atoms with Gasteiger partial charge in [-0.1, -0.05) is 44.7 Å². The summed E-state index contributed by atoms with van der Waals surface area (Å²) in [5.74, 6) is -0.291. The van der Waals surface area contributed by atoms with Crippen molar-refractivity contribution >= 4 is 17.6 Å². The van der Waals surface area contributed by atoms with Crippen molar-refractivity contribution < 1.29 is 10.0 Å². The van der Waals surface area contributed by atoms with E-state index in [1.165, 1.54) is 30.0 Å². The van der Waals surface area contributed by atoms with Crippen LogP contribution in [-0.2, 0) is 5.41 Å². The molecule has 0 aromatic heterocycles. The molecule has 0 amide bonds. The minimum absolute atomic E-state index is 0.0600. The first-order valence-corrected chi connectivity index (χ1v) is 6.87. The molecule has 2 rings (SSSR count). The summed E-state index contributed by atoms with van der Waals surface area (Å²) in [6, 6.07) is 11.3. The van der Waals surface area contributed by atoms with Crippen molar-refractivity contribution in [3.63, 3.8) is 0 Å². The average Bonchev–Trinajstić information content (AvgIpc) is 2.45. The lowest BCUT2D eigenvalue weighted by atomic mass is 9.87.